The molecule has 1 heterocycles. The van der Waals surface area contributed by atoms with E-state index in [2.05, 4.69) is 26.2 Å². The van der Waals surface area contributed by atoms with Gasteiger partial charge in [0, 0.05) is 11.9 Å². The Bertz CT molecular complexity index is 543. The summed E-state index contributed by atoms with van der Waals surface area (Å²) >= 11 is 3.51. The molecule has 0 amide bonds. The number of aromatic nitrogens is 1. The van der Waals surface area contributed by atoms with Crippen LogP contribution in [0.4, 0.5) is 11.5 Å². The van der Waals surface area contributed by atoms with Crippen molar-refractivity contribution in [1.29, 1.82) is 0 Å². The molecule has 0 bridgehead atoms. The van der Waals surface area contributed by atoms with Crippen molar-refractivity contribution in [2.45, 2.75) is 6.92 Å². The molecular weight excluding hydrogens is 306 g/mol. The molecule has 0 radical (unpaired) electrons. The summed E-state index contributed by atoms with van der Waals surface area (Å²) in [6, 6.07) is 9.31. The topological polar surface area (TPSA) is 60.2 Å². The lowest BCUT2D eigenvalue weighted by atomic mass is 10.3. The van der Waals surface area contributed by atoms with Gasteiger partial charge in [-0.25, -0.2) is 4.98 Å². The summed E-state index contributed by atoms with van der Waals surface area (Å²) in [6.45, 7) is 3.27. The van der Waals surface area contributed by atoms with E-state index in [0.717, 1.165) is 27.3 Å². The molecule has 0 atom stereocenters. The molecular formula is C14H16BrN3O. The Kier molecular flexibility index (Phi) is 4.63. The van der Waals surface area contributed by atoms with E-state index in [9.17, 15) is 0 Å². The Balaban J connectivity index is 1.81. The second-order valence-corrected chi connectivity index (χ2v) is 4.93. The first-order valence-corrected chi connectivity index (χ1v) is 6.79. The molecule has 1 aromatic heterocycles. The van der Waals surface area contributed by atoms with E-state index in [1.807, 2.05) is 37.3 Å². The molecule has 0 spiro atoms. The Morgan fingerprint density at radius 1 is 1.26 bits per heavy atom. The maximum Gasteiger partial charge on any atom is 0.140 e. The summed E-state index contributed by atoms with van der Waals surface area (Å²) < 4.78 is 6.58. The van der Waals surface area contributed by atoms with Crippen molar-refractivity contribution in [3.63, 3.8) is 0 Å². The lowest BCUT2D eigenvalue weighted by molar-refractivity contribution is 0.333. The smallest absolute Gasteiger partial charge is 0.140 e. The summed E-state index contributed by atoms with van der Waals surface area (Å²) in [6.07, 6.45) is 1.78. The molecule has 2 rings (SSSR count). The van der Waals surface area contributed by atoms with Crippen LogP contribution in [0.15, 0.2) is 41.0 Å². The van der Waals surface area contributed by atoms with Crippen LogP contribution in [0.1, 0.15) is 5.56 Å². The molecule has 0 aliphatic rings. The molecule has 0 fully saturated rings. The number of nitrogen functional groups attached to an aromatic ring is 1. The zero-order valence-corrected chi connectivity index (χ0v) is 12.3. The largest absolute Gasteiger partial charge is 0.492 e. The highest BCUT2D eigenvalue weighted by Crippen LogP contribution is 2.22. The first kappa shape index (κ1) is 13.7. The Hall–Kier alpha value is -1.75. The second kappa shape index (κ2) is 6.43. The molecule has 0 aliphatic heterocycles. The lowest BCUT2D eigenvalue weighted by Gasteiger charge is -2.10. The van der Waals surface area contributed by atoms with Crippen molar-refractivity contribution >= 4 is 27.4 Å². The minimum Gasteiger partial charge on any atom is -0.492 e. The number of ether oxygens (including phenoxy) is 1. The van der Waals surface area contributed by atoms with Gasteiger partial charge in [-0.15, -0.1) is 0 Å². The van der Waals surface area contributed by atoms with Gasteiger partial charge in [-0.1, -0.05) is 0 Å². The normalized spacial score (nSPS) is 10.2. The fraction of sp³-hybridized carbons (Fsp3) is 0.214. The predicted molar refractivity (Wildman–Crippen MR) is 81.5 cm³/mol. The van der Waals surface area contributed by atoms with E-state index in [1.165, 1.54) is 0 Å². The van der Waals surface area contributed by atoms with E-state index in [4.69, 9.17) is 10.5 Å². The van der Waals surface area contributed by atoms with Crippen LogP contribution < -0.4 is 15.8 Å². The molecule has 5 heteroatoms. The SMILES string of the molecule is Cc1ccnc(NCCOc2ccc(N)cc2)c1Br. The van der Waals surface area contributed by atoms with Gasteiger partial charge in [0.25, 0.3) is 0 Å². The summed E-state index contributed by atoms with van der Waals surface area (Å²) in [5, 5.41) is 3.23. The molecule has 0 saturated carbocycles. The highest BCUT2D eigenvalue weighted by molar-refractivity contribution is 9.10. The number of nitrogens with zero attached hydrogens (tertiary/aromatic N) is 1. The zero-order valence-electron chi connectivity index (χ0n) is 10.7. The molecule has 4 nitrogen and oxygen atoms in total. The standard InChI is InChI=1S/C14H16BrN3O/c1-10-6-7-17-14(13(10)15)18-8-9-19-12-4-2-11(16)3-5-12/h2-7H,8-9,16H2,1H3,(H,17,18). The molecule has 19 heavy (non-hydrogen) atoms. The predicted octanol–water partition coefficient (Wildman–Crippen LogP) is 3.23. The van der Waals surface area contributed by atoms with Crippen molar-refractivity contribution < 1.29 is 4.74 Å². The number of hydrogen-bond donors (Lipinski definition) is 2. The quantitative estimate of drug-likeness (QED) is 0.655. The third-order valence-corrected chi connectivity index (χ3v) is 3.63. The monoisotopic (exact) mass is 321 g/mol. The van der Waals surface area contributed by atoms with E-state index in [0.29, 0.717) is 13.2 Å². The van der Waals surface area contributed by atoms with Crippen LogP contribution in [-0.2, 0) is 0 Å². The van der Waals surface area contributed by atoms with Crippen molar-refractivity contribution in [1.82, 2.24) is 4.98 Å². The van der Waals surface area contributed by atoms with Gasteiger partial charge >= 0.3 is 0 Å². The number of anilines is 2. The van der Waals surface area contributed by atoms with E-state index < -0.39 is 0 Å². The highest BCUT2D eigenvalue weighted by Gasteiger charge is 2.02. The van der Waals surface area contributed by atoms with Gasteiger partial charge < -0.3 is 15.8 Å². The van der Waals surface area contributed by atoms with Crippen LogP contribution in [0.2, 0.25) is 0 Å². The Morgan fingerprint density at radius 3 is 2.74 bits per heavy atom. The van der Waals surface area contributed by atoms with E-state index in [1.54, 1.807) is 6.20 Å². The van der Waals surface area contributed by atoms with Crippen LogP contribution in [0.25, 0.3) is 0 Å². The van der Waals surface area contributed by atoms with Crippen LogP contribution in [0.5, 0.6) is 5.75 Å². The van der Waals surface area contributed by atoms with E-state index in [-0.39, 0.29) is 0 Å². The number of aryl methyl sites for hydroxylation is 1. The number of nitrogens with one attached hydrogen (secondary N) is 1. The van der Waals surface area contributed by atoms with Crippen LogP contribution >= 0.6 is 15.9 Å². The molecule has 1 aromatic carbocycles. The minimum atomic E-state index is 0.561. The van der Waals surface area contributed by atoms with Crippen molar-refractivity contribution in [3.05, 3.63) is 46.6 Å². The zero-order chi connectivity index (χ0) is 13.7. The third kappa shape index (κ3) is 3.86. The first-order valence-electron chi connectivity index (χ1n) is 6.00. The minimum absolute atomic E-state index is 0.561. The van der Waals surface area contributed by atoms with Crippen LogP contribution in [-0.4, -0.2) is 18.1 Å². The molecule has 3 N–H and O–H groups in total. The number of hydrogen-bond acceptors (Lipinski definition) is 4. The van der Waals surface area contributed by atoms with Gasteiger partial charge in [-0.3, -0.25) is 0 Å². The fourth-order valence-corrected chi connectivity index (χ4v) is 1.94. The summed E-state index contributed by atoms with van der Waals surface area (Å²) in [7, 11) is 0. The number of rotatable bonds is 5. The summed E-state index contributed by atoms with van der Waals surface area (Å²) in [4.78, 5) is 4.27. The molecule has 0 saturated heterocycles. The second-order valence-electron chi connectivity index (χ2n) is 4.13. The fourth-order valence-electron chi connectivity index (χ4n) is 1.57. The van der Waals surface area contributed by atoms with E-state index >= 15 is 0 Å². The number of nitrogens with two attached hydrogens (primary N) is 1. The van der Waals surface area contributed by atoms with Crippen molar-refractivity contribution in [2.75, 3.05) is 24.2 Å². The lowest BCUT2D eigenvalue weighted by Crippen LogP contribution is -2.12. The van der Waals surface area contributed by atoms with Crippen LogP contribution in [0, 0.1) is 6.92 Å². The number of benzene rings is 1. The van der Waals surface area contributed by atoms with Crippen LogP contribution in [0.3, 0.4) is 0 Å². The van der Waals surface area contributed by atoms with Crippen molar-refractivity contribution in [3.8, 4) is 5.75 Å². The van der Waals surface area contributed by atoms with Crippen molar-refractivity contribution in [2.24, 2.45) is 0 Å². The van der Waals surface area contributed by atoms with Gasteiger partial charge in [-0.05, 0) is 58.7 Å². The summed E-state index contributed by atoms with van der Waals surface area (Å²) in [5.74, 6) is 1.65. The highest BCUT2D eigenvalue weighted by atomic mass is 79.9. The van der Waals surface area contributed by atoms with Gasteiger partial charge in [0.15, 0.2) is 0 Å². The third-order valence-electron chi connectivity index (χ3n) is 2.63. The van der Waals surface area contributed by atoms with Gasteiger partial charge in [0.2, 0.25) is 0 Å². The first-order chi connectivity index (χ1) is 9.16. The summed E-state index contributed by atoms with van der Waals surface area (Å²) in [5.41, 5.74) is 7.49. The number of halogens is 1. The Labute approximate surface area is 121 Å². The van der Waals surface area contributed by atoms with Gasteiger partial charge in [0.05, 0.1) is 11.0 Å². The maximum absolute atomic E-state index is 5.61. The molecule has 100 valence electrons. The average Bonchev–Trinajstić information content (AvgIpc) is 2.41. The van der Waals surface area contributed by atoms with Gasteiger partial charge in [-0.2, -0.15) is 0 Å². The molecule has 0 unspecified atom stereocenters. The maximum atomic E-state index is 5.61. The molecule has 0 aliphatic carbocycles. The molecule has 2 aromatic rings. The van der Waals surface area contributed by atoms with Gasteiger partial charge in [0.1, 0.15) is 18.2 Å². The Morgan fingerprint density at radius 2 is 2.00 bits per heavy atom. The number of pyridine rings is 1. The average molecular weight is 322 g/mol.